The lowest BCUT2D eigenvalue weighted by Crippen LogP contribution is -2.42. The van der Waals surface area contributed by atoms with E-state index in [1.807, 2.05) is 31.2 Å². The molecule has 8 nitrogen and oxygen atoms in total. The van der Waals surface area contributed by atoms with E-state index < -0.39 is 0 Å². The molecule has 0 unspecified atom stereocenters. The van der Waals surface area contributed by atoms with Gasteiger partial charge in [-0.2, -0.15) is 0 Å². The molecule has 2 atom stereocenters. The van der Waals surface area contributed by atoms with Gasteiger partial charge in [0.2, 0.25) is 5.91 Å². The molecule has 3 heterocycles. The number of hydrogen-bond acceptors (Lipinski definition) is 8. The molecule has 1 N–H and O–H groups in total. The molecule has 0 radical (unpaired) electrons. The average Bonchev–Trinajstić information content (AvgIpc) is 3.46. The van der Waals surface area contributed by atoms with Crippen LogP contribution >= 0.6 is 11.3 Å². The maximum atomic E-state index is 13.1. The van der Waals surface area contributed by atoms with Crippen molar-refractivity contribution in [3.63, 3.8) is 0 Å². The number of amides is 1. The molecule has 34 heavy (non-hydrogen) atoms. The van der Waals surface area contributed by atoms with Crippen molar-refractivity contribution in [3.8, 4) is 5.75 Å². The maximum Gasteiger partial charge on any atom is 0.226 e. The first-order chi connectivity index (χ1) is 16.5. The second kappa shape index (κ2) is 9.31. The summed E-state index contributed by atoms with van der Waals surface area (Å²) in [5.74, 6) is 1.69. The quantitative estimate of drug-likeness (QED) is 0.552. The number of rotatable bonds is 7. The van der Waals surface area contributed by atoms with Crippen LogP contribution in [0.25, 0.3) is 10.2 Å². The first-order valence-corrected chi connectivity index (χ1v) is 12.3. The SMILES string of the molecule is COC[C@@H](C)N(C)C(=O)[C@H]1CCc2c(sc3ncnc(Nc4cc5c(cc4OC)CN=C5)c23)C1. The Kier molecular flexibility index (Phi) is 6.22. The number of carbonyl (C=O) groups is 1. The van der Waals surface area contributed by atoms with Gasteiger partial charge in [-0.15, -0.1) is 11.3 Å². The van der Waals surface area contributed by atoms with Crippen LogP contribution in [0.1, 0.15) is 34.9 Å². The minimum atomic E-state index is -0.0228. The fourth-order valence-electron chi connectivity index (χ4n) is 4.81. The summed E-state index contributed by atoms with van der Waals surface area (Å²) >= 11 is 1.67. The van der Waals surface area contributed by atoms with E-state index in [0.717, 1.165) is 57.9 Å². The van der Waals surface area contributed by atoms with E-state index in [-0.39, 0.29) is 17.9 Å². The topological polar surface area (TPSA) is 88.9 Å². The van der Waals surface area contributed by atoms with E-state index in [4.69, 9.17) is 9.47 Å². The van der Waals surface area contributed by atoms with Crippen molar-refractivity contribution >= 4 is 45.2 Å². The number of nitrogens with zero attached hydrogens (tertiary/aromatic N) is 4. The van der Waals surface area contributed by atoms with Crippen LogP contribution in [-0.4, -0.2) is 60.9 Å². The van der Waals surface area contributed by atoms with Crippen molar-refractivity contribution in [2.45, 2.75) is 38.8 Å². The van der Waals surface area contributed by atoms with E-state index in [2.05, 4.69) is 26.3 Å². The summed E-state index contributed by atoms with van der Waals surface area (Å²) in [4.78, 5) is 30.6. The van der Waals surface area contributed by atoms with Gasteiger partial charge in [0.15, 0.2) is 0 Å². The zero-order valence-electron chi connectivity index (χ0n) is 19.9. The highest BCUT2D eigenvalue weighted by molar-refractivity contribution is 7.19. The average molecular weight is 480 g/mol. The Morgan fingerprint density at radius 3 is 2.97 bits per heavy atom. The van der Waals surface area contributed by atoms with Crippen molar-refractivity contribution in [2.24, 2.45) is 10.9 Å². The van der Waals surface area contributed by atoms with Crippen molar-refractivity contribution in [1.82, 2.24) is 14.9 Å². The minimum Gasteiger partial charge on any atom is -0.495 e. The van der Waals surface area contributed by atoms with Crippen molar-refractivity contribution in [2.75, 3.05) is 33.2 Å². The van der Waals surface area contributed by atoms with Gasteiger partial charge in [0.1, 0.15) is 22.7 Å². The summed E-state index contributed by atoms with van der Waals surface area (Å²) in [5, 5.41) is 4.54. The summed E-state index contributed by atoms with van der Waals surface area (Å²) in [6.07, 6.45) is 5.86. The Bertz CT molecular complexity index is 1270. The Hall–Kier alpha value is -3.04. The number of aryl methyl sites for hydroxylation is 1. The van der Waals surface area contributed by atoms with Crippen LogP contribution in [0.2, 0.25) is 0 Å². The third-order valence-electron chi connectivity index (χ3n) is 6.82. The smallest absolute Gasteiger partial charge is 0.226 e. The summed E-state index contributed by atoms with van der Waals surface area (Å²) in [5.41, 5.74) is 4.35. The van der Waals surface area contributed by atoms with Gasteiger partial charge < -0.3 is 19.7 Å². The van der Waals surface area contributed by atoms with E-state index in [9.17, 15) is 4.79 Å². The number of aromatic nitrogens is 2. The van der Waals surface area contributed by atoms with Gasteiger partial charge >= 0.3 is 0 Å². The fraction of sp³-hybridized carbons (Fsp3) is 0.440. The van der Waals surface area contributed by atoms with Crippen molar-refractivity contribution in [1.29, 1.82) is 0 Å². The number of hydrogen-bond donors (Lipinski definition) is 1. The van der Waals surface area contributed by atoms with Gasteiger partial charge in [-0.25, -0.2) is 9.97 Å². The van der Waals surface area contributed by atoms with Crippen LogP contribution in [-0.2, 0) is 28.9 Å². The Morgan fingerprint density at radius 2 is 2.18 bits per heavy atom. The van der Waals surface area contributed by atoms with E-state index in [1.54, 1.807) is 31.9 Å². The lowest BCUT2D eigenvalue weighted by atomic mass is 9.86. The third-order valence-corrected chi connectivity index (χ3v) is 7.98. The number of nitrogens with one attached hydrogen (secondary N) is 1. The number of fused-ring (bicyclic) bond motifs is 4. The van der Waals surface area contributed by atoms with Gasteiger partial charge in [0.05, 0.1) is 37.4 Å². The zero-order valence-corrected chi connectivity index (χ0v) is 20.7. The van der Waals surface area contributed by atoms with E-state index in [1.165, 1.54) is 10.4 Å². The molecule has 0 fully saturated rings. The normalized spacial score (nSPS) is 17.4. The van der Waals surface area contributed by atoms with Crippen molar-refractivity contribution < 1.29 is 14.3 Å². The fourth-order valence-corrected chi connectivity index (χ4v) is 6.07. The molecule has 178 valence electrons. The van der Waals surface area contributed by atoms with E-state index in [0.29, 0.717) is 13.2 Å². The van der Waals surface area contributed by atoms with Crippen LogP contribution in [0.4, 0.5) is 11.5 Å². The molecular formula is C25H29N5O3S. The summed E-state index contributed by atoms with van der Waals surface area (Å²) < 4.78 is 10.9. The summed E-state index contributed by atoms with van der Waals surface area (Å²) in [7, 11) is 5.21. The van der Waals surface area contributed by atoms with Gasteiger partial charge in [-0.1, -0.05) is 0 Å². The first-order valence-electron chi connectivity index (χ1n) is 11.5. The van der Waals surface area contributed by atoms with Crippen LogP contribution in [0.5, 0.6) is 5.75 Å². The Morgan fingerprint density at radius 1 is 1.32 bits per heavy atom. The van der Waals surface area contributed by atoms with Crippen molar-refractivity contribution in [3.05, 3.63) is 40.0 Å². The number of anilines is 2. The van der Waals surface area contributed by atoms with Crippen LogP contribution in [0.15, 0.2) is 23.5 Å². The molecule has 9 heteroatoms. The maximum absolute atomic E-state index is 13.1. The highest BCUT2D eigenvalue weighted by atomic mass is 32.1. The second-order valence-electron chi connectivity index (χ2n) is 8.95. The number of likely N-dealkylation sites (N-methyl/N-ethyl adjacent to an activating group) is 1. The molecule has 5 rings (SSSR count). The van der Waals surface area contributed by atoms with Gasteiger partial charge in [-0.05, 0) is 55.0 Å². The third kappa shape index (κ3) is 4.03. The van der Waals surface area contributed by atoms with Crippen LogP contribution in [0.3, 0.4) is 0 Å². The number of methoxy groups -OCH3 is 2. The Balaban J connectivity index is 1.44. The molecule has 3 aromatic rings. The number of benzene rings is 1. The highest BCUT2D eigenvalue weighted by Crippen LogP contribution is 2.42. The molecule has 1 aliphatic heterocycles. The number of ether oxygens (including phenoxy) is 2. The largest absolute Gasteiger partial charge is 0.495 e. The predicted molar refractivity (Wildman–Crippen MR) is 135 cm³/mol. The van der Waals surface area contributed by atoms with Gasteiger partial charge in [0.25, 0.3) is 0 Å². The zero-order chi connectivity index (χ0) is 23.8. The standard InChI is InChI=1S/C25H29N5O3S/c1-14(12-32-3)30(2)25(31)15-5-6-18-21(9-15)34-24-22(18)23(27-13-28-24)29-19-7-16-10-26-11-17(16)8-20(19)33-4/h7-8,10,13-15H,5-6,9,11-12H2,1-4H3,(H,27,28,29)/t14-,15+/m1/s1. The molecule has 2 aromatic heterocycles. The molecule has 0 saturated carbocycles. The van der Waals surface area contributed by atoms with E-state index >= 15 is 0 Å². The number of carbonyl (C=O) groups excluding carboxylic acids is 1. The second-order valence-corrected chi connectivity index (χ2v) is 10.0. The van der Waals surface area contributed by atoms with Gasteiger partial charge in [0, 0.05) is 31.2 Å². The molecule has 0 saturated heterocycles. The highest BCUT2D eigenvalue weighted by Gasteiger charge is 2.32. The van der Waals surface area contributed by atoms with Crippen LogP contribution < -0.4 is 10.1 Å². The monoisotopic (exact) mass is 479 g/mol. The summed E-state index contributed by atoms with van der Waals surface area (Å²) in [6, 6.07) is 4.14. The molecule has 2 aliphatic rings. The molecule has 0 spiro atoms. The molecular weight excluding hydrogens is 450 g/mol. The first kappa shape index (κ1) is 22.7. The number of thiophene rings is 1. The molecule has 1 amide bonds. The molecule has 1 aromatic carbocycles. The lowest BCUT2D eigenvalue weighted by molar-refractivity contribution is -0.137. The lowest BCUT2D eigenvalue weighted by Gasteiger charge is -2.30. The van der Waals surface area contributed by atoms with Crippen LogP contribution in [0, 0.1) is 5.92 Å². The molecule has 0 bridgehead atoms. The molecule has 1 aliphatic carbocycles. The van der Waals surface area contributed by atoms with Gasteiger partial charge in [-0.3, -0.25) is 9.79 Å². The summed E-state index contributed by atoms with van der Waals surface area (Å²) in [6.45, 7) is 3.23. The number of aliphatic imine (C=N–C) groups is 1. The minimum absolute atomic E-state index is 0.0228. The predicted octanol–water partition coefficient (Wildman–Crippen LogP) is 3.97. The Labute approximate surface area is 203 Å².